The van der Waals surface area contributed by atoms with Crippen LogP contribution in [0.4, 0.5) is 5.69 Å². The fourth-order valence-electron chi connectivity index (χ4n) is 1.23. The Balaban J connectivity index is 0.000000317. The second-order valence-corrected chi connectivity index (χ2v) is 3.04. The molecule has 0 saturated carbocycles. The number of hydrogen-bond donors (Lipinski definition) is 4. The molecule has 0 bridgehead atoms. The van der Waals surface area contributed by atoms with Crippen LogP contribution < -0.4 is 11.1 Å². The van der Waals surface area contributed by atoms with Crippen molar-refractivity contribution in [2.45, 2.75) is 0 Å². The van der Waals surface area contributed by atoms with Gasteiger partial charge in [0.2, 0.25) is 0 Å². The molecule has 0 fully saturated rings. The van der Waals surface area contributed by atoms with E-state index in [0.29, 0.717) is 0 Å². The molecule has 2 aromatic rings. The van der Waals surface area contributed by atoms with Gasteiger partial charge >= 0.3 is 0 Å². The van der Waals surface area contributed by atoms with Gasteiger partial charge in [-0.2, -0.15) is 5.10 Å². The van der Waals surface area contributed by atoms with E-state index < -0.39 is 5.09 Å². The van der Waals surface area contributed by atoms with Crippen molar-refractivity contribution >= 4 is 22.5 Å². The van der Waals surface area contributed by atoms with Crippen molar-refractivity contribution in [3.63, 3.8) is 0 Å². The molecule has 6 N–H and O–H groups in total. The number of nitrogens with one attached hydrogen (secondary N) is 2. The Hall–Kier alpha value is -2.68. The number of nitrogens with zero attached hydrogens (tertiary/aromatic N) is 2. The molecule has 17 heavy (non-hydrogen) atoms. The predicted octanol–water partition coefficient (Wildman–Crippen LogP) is -0.588. The van der Waals surface area contributed by atoms with Crippen LogP contribution in [-0.2, 0) is 0 Å². The lowest BCUT2D eigenvalue weighted by Gasteiger charge is -1.96. The number of H-pyrrole nitrogens is 1. The number of aromatic nitrogens is 2. The van der Waals surface area contributed by atoms with Crippen molar-refractivity contribution in [2.75, 3.05) is 0 Å². The number of hydrogen-bond acceptors (Lipinski definition) is 5. The second-order valence-electron chi connectivity index (χ2n) is 3.04. The molecule has 1 aromatic heterocycles. The lowest BCUT2D eigenvalue weighted by molar-refractivity contribution is -0.447. The van der Waals surface area contributed by atoms with Gasteiger partial charge in [0.1, 0.15) is 5.69 Å². The van der Waals surface area contributed by atoms with Gasteiger partial charge in [0, 0.05) is 17.5 Å². The molecule has 0 unspecified atom stereocenters. The Morgan fingerprint density at radius 3 is 2.76 bits per heavy atom. The van der Waals surface area contributed by atoms with Crippen LogP contribution in [0.5, 0.6) is 0 Å². The van der Waals surface area contributed by atoms with Crippen LogP contribution in [0, 0.1) is 20.7 Å². The van der Waals surface area contributed by atoms with E-state index in [4.69, 9.17) is 26.5 Å². The average Bonchev–Trinajstić information content (AvgIpc) is 2.62. The Bertz CT molecular complexity index is 533. The number of quaternary nitrogens is 1. The normalized spacial score (nSPS) is 9.41. The first-order valence-corrected chi connectivity index (χ1v) is 4.42. The zero-order valence-corrected chi connectivity index (χ0v) is 8.58. The van der Waals surface area contributed by atoms with Gasteiger partial charge in [-0.25, -0.2) is 5.41 Å². The van der Waals surface area contributed by atoms with E-state index >= 15 is 0 Å². The highest BCUT2D eigenvalue weighted by Gasteiger charge is 2.01. The summed E-state index contributed by atoms with van der Waals surface area (Å²) in [4.78, 5) is 8.25. The molecular formula is C8H10N6O3. The number of aromatic amines is 1. The first-order chi connectivity index (χ1) is 7.99. The molecule has 9 nitrogen and oxygen atoms in total. The van der Waals surface area contributed by atoms with Crippen molar-refractivity contribution in [3.8, 4) is 0 Å². The molecule has 0 aliphatic carbocycles. The van der Waals surface area contributed by atoms with Gasteiger partial charge in [-0.1, -0.05) is 0 Å². The van der Waals surface area contributed by atoms with Crippen LogP contribution in [0.2, 0.25) is 0 Å². The Morgan fingerprint density at radius 1 is 1.53 bits per heavy atom. The molecule has 0 radical (unpaired) electrons. The van der Waals surface area contributed by atoms with Crippen molar-refractivity contribution in [1.29, 1.82) is 5.41 Å². The fraction of sp³-hybridized carbons (Fsp3) is 0. The molecule has 1 aromatic carbocycles. The van der Waals surface area contributed by atoms with Gasteiger partial charge in [0.15, 0.2) is 0 Å². The van der Waals surface area contributed by atoms with Crippen molar-refractivity contribution in [2.24, 2.45) is 5.73 Å². The van der Waals surface area contributed by atoms with Gasteiger partial charge in [-0.3, -0.25) is 10.4 Å². The number of fused-ring (bicyclic) bond motifs is 1. The van der Waals surface area contributed by atoms with Gasteiger partial charge in [0.25, 0.3) is 5.96 Å². The molecular weight excluding hydrogens is 228 g/mol. The smallest absolute Gasteiger partial charge is 0.293 e. The van der Waals surface area contributed by atoms with Gasteiger partial charge < -0.3 is 21.1 Å². The van der Waals surface area contributed by atoms with Gasteiger partial charge in [0.05, 0.1) is 16.8 Å². The molecule has 90 valence electrons. The third-order valence-corrected chi connectivity index (χ3v) is 1.79. The predicted molar refractivity (Wildman–Crippen MR) is 60.0 cm³/mol. The van der Waals surface area contributed by atoms with Crippen LogP contribution in [0.25, 0.3) is 10.9 Å². The monoisotopic (exact) mass is 238 g/mol. The van der Waals surface area contributed by atoms with Crippen LogP contribution in [-0.4, -0.2) is 21.2 Å². The summed E-state index contributed by atoms with van der Waals surface area (Å²) in [6.45, 7) is 0. The third kappa shape index (κ3) is 4.13. The molecule has 0 aliphatic heterocycles. The van der Waals surface area contributed by atoms with E-state index in [2.05, 4.69) is 10.2 Å². The summed E-state index contributed by atoms with van der Waals surface area (Å²) in [6, 6.07) is 5.74. The first kappa shape index (κ1) is 12.4. The van der Waals surface area contributed by atoms with Gasteiger partial charge in [-0.05, 0) is 6.07 Å². The number of guanidine groups is 1. The van der Waals surface area contributed by atoms with E-state index in [0.717, 1.165) is 16.6 Å². The molecule has 9 heteroatoms. The van der Waals surface area contributed by atoms with E-state index in [1.165, 1.54) is 0 Å². The van der Waals surface area contributed by atoms with E-state index in [-0.39, 0.29) is 5.96 Å². The molecule has 0 saturated heterocycles. The van der Waals surface area contributed by atoms with Crippen LogP contribution >= 0.6 is 0 Å². The Kier molecular flexibility index (Phi) is 3.95. The fourth-order valence-corrected chi connectivity index (χ4v) is 1.23. The lowest BCUT2D eigenvalue weighted by atomic mass is 10.2. The van der Waals surface area contributed by atoms with Crippen LogP contribution in [0.15, 0.2) is 24.4 Å². The van der Waals surface area contributed by atoms with E-state index in [1.54, 1.807) is 11.5 Å². The summed E-state index contributed by atoms with van der Waals surface area (Å²) in [6.07, 6.45) is 1.74. The molecule has 1 heterocycles. The molecule has 2 rings (SSSR count). The topological polar surface area (TPSA) is 161 Å². The maximum absolute atomic E-state index is 8.25. The summed E-state index contributed by atoms with van der Waals surface area (Å²) in [5.74, 6) is 0.0582. The number of benzene rings is 1. The average molecular weight is 238 g/mol. The van der Waals surface area contributed by atoms with Crippen molar-refractivity contribution < 1.29 is 10.4 Å². The summed E-state index contributed by atoms with van der Waals surface area (Å²) in [7, 11) is 0. The summed E-state index contributed by atoms with van der Waals surface area (Å²) >= 11 is 0. The second kappa shape index (κ2) is 5.42. The molecule has 0 spiro atoms. The molecule has 0 atom stereocenters. The molecule has 0 aliphatic rings. The van der Waals surface area contributed by atoms with Crippen LogP contribution in [0.3, 0.4) is 0 Å². The summed E-state index contributed by atoms with van der Waals surface area (Å²) < 4.78 is 0. The summed E-state index contributed by atoms with van der Waals surface area (Å²) in [5, 5.41) is 31.2. The van der Waals surface area contributed by atoms with Crippen LogP contribution in [0.1, 0.15) is 0 Å². The summed E-state index contributed by atoms with van der Waals surface area (Å²) in [5.41, 5.74) is 7.15. The maximum atomic E-state index is 8.25. The van der Waals surface area contributed by atoms with Gasteiger partial charge in [-0.15, -0.1) is 0 Å². The van der Waals surface area contributed by atoms with E-state index in [9.17, 15) is 0 Å². The zero-order valence-electron chi connectivity index (χ0n) is 8.58. The molecule has 0 amide bonds. The zero-order chi connectivity index (χ0) is 12.8. The highest BCUT2D eigenvalue weighted by Crippen LogP contribution is 2.12. The Morgan fingerprint density at radius 2 is 2.18 bits per heavy atom. The highest BCUT2D eigenvalue weighted by atomic mass is 16.9. The maximum Gasteiger partial charge on any atom is 0.293 e. The minimum absolute atomic E-state index is 0.0582. The Labute approximate surface area is 94.9 Å². The minimum atomic E-state index is -1.75. The SMILES string of the molecule is N=C(N)[NH2+]c1ccc2[nH]ncc2c1.O=[N+]([O-])[O-]. The quantitative estimate of drug-likeness (QED) is 0.171. The number of rotatable bonds is 1. The largest absolute Gasteiger partial charge is 0.356 e. The van der Waals surface area contributed by atoms with Crippen molar-refractivity contribution in [3.05, 3.63) is 39.7 Å². The van der Waals surface area contributed by atoms with Crippen molar-refractivity contribution in [1.82, 2.24) is 10.2 Å². The first-order valence-electron chi connectivity index (χ1n) is 4.42. The minimum Gasteiger partial charge on any atom is -0.356 e. The highest BCUT2D eigenvalue weighted by molar-refractivity contribution is 5.80. The standard InChI is InChI=1S/C8H9N5.NO3/c9-8(10)12-6-1-2-7-5(3-6)4-11-13-7;2-1(3)4/h1-4H,(H,11,13)(H4,9,10,12);/q;-1/p+1. The number of nitrogens with two attached hydrogens (primary N) is 2. The third-order valence-electron chi connectivity index (χ3n) is 1.79. The van der Waals surface area contributed by atoms with E-state index in [1.807, 2.05) is 18.2 Å². The lowest BCUT2D eigenvalue weighted by Crippen LogP contribution is -2.84.